The number of rotatable bonds is 7. The molecule has 4 nitrogen and oxygen atoms in total. The molecule has 57 heavy (non-hydrogen) atoms. The molecule has 0 saturated carbocycles. The minimum atomic E-state index is 0.603. The van der Waals surface area contributed by atoms with Crippen LogP contribution in [-0.4, -0.2) is 4.98 Å². The number of oxazole rings is 1. The Balaban J connectivity index is 0.968. The molecule has 0 aliphatic carbocycles. The fourth-order valence-electron chi connectivity index (χ4n) is 8.10. The molecule has 0 atom stereocenters. The highest BCUT2D eigenvalue weighted by atomic mass is 16.4. The molecule has 0 aliphatic heterocycles. The van der Waals surface area contributed by atoms with Crippen molar-refractivity contribution in [2.24, 2.45) is 0 Å². The maximum Gasteiger partial charge on any atom is 0.227 e. The average molecular weight is 731 g/mol. The third-order valence-corrected chi connectivity index (χ3v) is 10.9. The van der Waals surface area contributed by atoms with Gasteiger partial charge in [0.2, 0.25) is 5.89 Å². The number of hydrogen-bond donors (Lipinski definition) is 0. The molecule has 0 bridgehead atoms. The summed E-state index contributed by atoms with van der Waals surface area (Å²) in [4.78, 5) is 7.12. The standard InChI is InChI=1S/C53H34N2O2/c1-3-11-35(12-4-1)40-17-9-18-44(33-40)55(43-28-23-38(24-29-43)46-20-10-16-37-13-7-8-19-45(37)46)42-26-21-36(22-27-42)41-25-30-47-50(34-41)56-49-32-31-48-52(51(47)49)57-53(54-48)39-14-5-2-6-15-39/h1-34H. The zero-order valence-electron chi connectivity index (χ0n) is 30.8. The van der Waals surface area contributed by atoms with E-state index >= 15 is 0 Å². The highest BCUT2D eigenvalue weighted by Gasteiger charge is 2.18. The Bertz CT molecular complexity index is 3210. The quantitative estimate of drug-likeness (QED) is 0.164. The summed E-state index contributed by atoms with van der Waals surface area (Å²) in [5.41, 5.74) is 14.2. The van der Waals surface area contributed by atoms with Crippen LogP contribution < -0.4 is 4.90 Å². The fraction of sp³-hybridized carbons (Fsp3) is 0. The molecular formula is C53H34N2O2. The molecule has 11 aromatic rings. The van der Waals surface area contributed by atoms with Gasteiger partial charge in [-0.05, 0) is 117 Å². The summed E-state index contributed by atoms with van der Waals surface area (Å²) in [6, 6.07) is 72.5. The first-order chi connectivity index (χ1) is 28.2. The van der Waals surface area contributed by atoms with E-state index < -0.39 is 0 Å². The van der Waals surface area contributed by atoms with Crippen LogP contribution in [-0.2, 0) is 0 Å². The van der Waals surface area contributed by atoms with Crippen LogP contribution in [0.15, 0.2) is 215 Å². The number of furan rings is 1. The van der Waals surface area contributed by atoms with Gasteiger partial charge in [-0.2, -0.15) is 0 Å². The highest BCUT2D eigenvalue weighted by molar-refractivity contribution is 6.16. The van der Waals surface area contributed by atoms with Crippen molar-refractivity contribution in [2.75, 3.05) is 4.90 Å². The summed E-state index contributed by atoms with van der Waals surface area (Å²) in [5, 5.41) is 4.43. The molecule has 0 saturated heterocycles. The van der Waals surface area contributed by atoms with Crippen molar-refractivity contribution in [1.29, 1.82) is 0 Å². The van der Waals surface area contributed by atoms with E-state index in [2.05, 4.69) is 169 Å². The molecular weight excluding hydrogens is 697 g/mol. The smallest absolute Gasteiger partial charge is 0.227 e. The van der Waals surface area contributed by atoms with Gasteiger partial charge in [-0.1, -0.05) is 133 Å². The lowest BCUT2D eigenvalue weighted by Crippen LogP contribution is -2.10. The average Bonchev–Trinajstić information content (AvgIpc) is 3.89. The molecule has 0 unspecified atom stereocenters. The maximum atomic E-state index is 6.43. The van der Waals surface area contributed by atoms with E-state index in [1.54, 1.807) is 0 Å². The van der Waals surface area contributed by atoms with Gasteiger partial charge in [0.05, 0.1) is 5.39 Å². The molecule has 268 valence electrons. The van der Waals surface area contributed by atoms with Gasteiger partial charge in [-0.25, -0.2) is 4.98 Å². The van der Waals surface area contributed by atoms with Crippen molar-refractivity contribution < 1.29 is 8.83 Å². The number of aromatic nitrogens is 1. The Morgan fingerprint density at radius 3 is 1.77 bits per heavy atom. The van der Waals surface area contributed by atoms with Gasteiger partial charge < -0.3 is 13.7 Å². The first kappa shape index (κ1) is 32.7. The van der Waals surface area contributed by atoms with Gasteiger partial charge in [0.15, 0.2) is 5.58 Å². The zero-order chi connectivity index (χ0) is 37.7. The number of nitrogens with zero attached hydrogens (tertiary/aromatic N) is 2. The van der Waals surface area contributed by atoms with Gasteiger partial charge in [-0.3, -0.25) is 0 Å². The van der Waals surface area contributed by atoms with Crippen molar-refractivity contribution in [2.45, 2.75) is 0 Å². The van der Waals surface area contributed by atoms with Crippen molar-refractivity contribution >= 4 is 60.9 Å². The molecule has 2 heterocycles. The van der Waals surface area contributed by atoms with E-state index in [9.17, 15) is 0 Å². The minimum absolute atomic E-state index is 0.603. The van der Waals surface area contributed by atoms with Crippen LogP contribution >= 0.6 is 0 Å². The normalized spacial score (nSPS) is 11.5. The summed E-state index contributed by atoms with van der Waals surface area (Å²) in [7, 11) is 0. The number of hydrogen-bond acceptors (Lipinski definition) is 4. The predicted molar refractivity (Wildman–Crippen MR) is 235 cm³/mol. The lowest BCUT2D eigenvalue weighted by atomic mass is 9.98. The van der Waals surface area contributed by atoms with Crippen LogP contribution in [0.1, 0.15) is 0 Å². The Hall–Kier alpha value is -7.69. The molecule has 4 heteroatoms. The maximum absolute atomic E-state index is 6.43. The molecule has 0 amide bonds. The molecule has 11 rings (SSSR count). The third-order valence-electron chi connectivity index (χ3n) is 10.9. The SMILES string of the molecule is c1ccc(-c2cccc(N(c3ccc(-c4ccc5c(c4)oc4ccc6nc(-c7ccccc7)oc6c45)cc3)c3ccc(-c4cccc5ccccc45)cc3)c2)cc1. The minimum Gasteiger partial charge on any atom is -0.456 e. The van der Waals surface area contributed by atoms with Crippen molar-refractivity contribution in [3.05, 3.63) is 206 Å². The summed E-state index contributed by atoms with van der Waals surface area (Å²) in [5.74, 6) is 0.603. The molecule has 0 N–H and O–H groups in total. The van der Waals surface area contributed by atoms with Crippen molar-refractivity contribution in [3.63, 3.8) is 0 Å². The van der Waals surface area contributed by atoms with E-state index in [-0.39, 0.29) is 0 Å². The number of fused-ring (bicyclic) bond motifs is 6. The van der Waals surface area contributed by atoms with Crippen LogP contribution in [0, 0.1) is 0 Å². The summed E-state index contributed by atoms with van der Waals surface area (Å²) in [6.45, 7) is 0. The van der Waals surface area contributed by atoms with Crippen molar-refractivity contribution in [3.8, 4) is 44.8 Å². The second-order valence-corrected chi connectivity index (χ2v) is 14.4. The van der Waals surface area contributed by atoms with E-state index in [0.717, 1.165) is 66.8 Å². The molecule has 2 aromatic heterocycles. The molecule has 0 spiro atoms. The summed E-state index contributed by atoms with van der Waals surface area (Å²) >= 11 is 0. The third kappa shape index (κ3) is 5.83. The molecule has 0 fully saturated rings. The van der Waals surface area contributed by atoms with E-state index in [1.165, 1.54) is 33.0 Å². The van der Waals surface area contributed by atoms with Gasteiger partial charge >= 0.3 is 0 Å². The predicted octanol–water partition coefficient (Wildman–Crippen LogP) is 15.0. The zero-order valence-corrected chi connectivity index (χ0v) is 30.8. The van der Waals surface area contributed by atoms with Crippen LogP contribution in [0.4, 0.5) is 17.1 Å². The molecule has 0 aliphatic rings. The second kappa shape index (κ2) is 13.6. The van der Waals surface area contributed by atoms with Crippen LogP contribution in [0.25, 0.3) is 88.6 Å². The Morgan fingerprint density at radius 2 is 0.982 bits per heavy atom. The number of benzene rings is 9. The van der Waals surface area contributed by atoms with Gasteiger partial charge in [0.25, 0.3) is 0 Å². The van der Waals surface area contributed by atoms with E-state index in [1.807, 2.05) is 42.5 Å². The Labute approximate surface area is 329 Å². The van der Waals surface area contributed by atoms with Gasteiger partial charge in [0.1, 0.15) is 16.7 Å². The van der Waals surface area contributed by atoms with Gasteiger partial charge in [-0.15, -0.1) is 0 Å². The fourth-order valence-corrected chi connectivity index (χ4v) is 8.10. The largest absolute Gasteiger partial charge is 0.456 e. The second-order valence-electron chi connectivity index (χ2n) is 14.4. The van der Waals surface area contributed by atoms with E-state index in [0.29, 0.717) is 5.89 Å². The van der Waals surface area contributed by atoms with Crippen LogP contribution in [0.3, 0.4) is 0 Å². The summed E-state index contributed by atoms with van der Waals surface area (Å²) in [6.07, 6.45) is 0. The lowest BCUT2D eigenvalue weighted by Gasteiger charge is -2.26. The van der Waals surface area contributed by atoms with E-state index in [4.69, 9.17) is 13.8 Å². The van der Waals surface area contributed by atoms with Gasteiger partial charge in [0, 0.05) is 28.0 Å². The van der Waals surface area contributed by atoms with Crippen molar-refractivity contribution in [1.82, 2.24) is 4.98 Å². The first-order valence-corrected chi connectivity index (χ1v) is 19.2. The first-order valence-electron chi connectivity index (χ1n) is 19.2. The van der Waals surface area contributed by atoms with Crippen LogP contribution in [0.5, 0.6) is 0 Å². The highest BCUT2D eigenvalue weighted by Crippen LogP contribution is 2.41. The van der Waals surface area contributed by atoms with Crippen LogP contribution in [0.2, 0.25) is 0 Å². The Kier molecular flexibility index (Phi) is 7.78. The summed E-state index contributed by atoms with van der Waals surface area (Å²) < 4.78 is 12.8. The topological polar surface area (TPSA) is 42.4 Å². The Morgan fingerprint density at radius 1 is 0.368 bits per heavy atom. The lowest BCUT2D eigenvalue weighted by molar-refractivity contribution is 0.622. The monoisotopic (exact) mass is 730 g/mol. The number of anilines is 3. The molecule has 0 radical (unpaired) electrons. The molecule has 9 aromatic carbocycles.